The topological polar surface area (TPSA) is 96.0 Å². The first-order valence-electron chi connectivity index (χ1n) is 10.8. The fourth-order valence-electron chi connectivity index (χ4n) is 3.30. The highest BCUT2D eigenvalue weighted by molar-refractivity contribution is 7.92. The average Bonchev–Trinajstić information content (AvgIpc) is 2.74. The number of hydrogen-bond donors (Lipinski definition) is 1. The van der Waals surface area contributed by atoms with E-state index in [9.17, 15) is 18.0 Å². The molecule has 192 valence electrons. The van der Waals surface area contributed by atoms with Crippen LogP contribution in [0.1, 0.15) is 33.3 Å². The molecule has 0 saturated carbocycles. The number of methoxy groups -OCH3 is 1. The minimum Gasteiger partial charge on any atom is -0.497 e. The number of carbonyl (C=O) groups is 2. The number of amides is 2. The molecule has 0 heterocycles. The van der Waals surface area contributed by atoms with Gasteiger partial charge in [0.15, 0.2) is 0 Å². The third-order valence-corrected chi connectivity index (χ3v) is 6.67. The van der Waals surface area contributed by atoms with Gasteiger partial charge in [0, 0.05) is 17.1 Å². The van der Waals surface area contributed by atoms with Gasteiger partial charge in [-0.3, -0.25) is 13.9 Å². The first kappa shape index (κ1) is 28.7. The molecule has 0 spiro atoms. The fraction of sp³-hybridized carbons (Fsp3) is 0.417. The van der Waals surface area contributed by atoms with Crippen LogP contribution in [0.4, 0.5) is 5.69 Å². The van der Waals surface area contributed by atoms with E-state index in [1.54, 1.807) is 31.2 Å². The summed E-state index contributed by atoms with van der Waals surface area (Å²) in [6, 6.07) is 10.5. The molecule has 2 amide bonds. The molecular weight excluding hydrogens is 513 g/mol. The number of nitrogens with zero attached hydrogens (tertiary/aromatic N) is 2. The van der Waals surface area contributed by atoms with Crippen molar-refractivity contribution in [3.63, 3.8) is 0 Å². The predicted molar refractivity (Wildman–Crippen MR) is 140 cm³/mol. The van der Waals surface area contributed by atoms with Gasteiger partial charge >= 0.3 is 0 Å². The van der Waals surface area contributed by atoms with Crippen LogP contribution in [0.5, 0.6) is 5.75 Å². The highest BCUT2D eigenvalue weighted by Crippen LogP contribution is 2.30. The quantitative estimate of drug-likeness (QED) is 0.513. The summed E-state index contributed by atoms with van der Waals surface area (Å²) in [6.07, 6.45) is 0.980. The first-order chi connectivity index (χ1) is 16.1. The second-order valence-electron chi connectivity index (χ2n) is 9.15. The average molecular weight is 545 g/mol. The first-order valence-corrected chi connectivity index (χ1v) is 13.4. The van der Waals surface area contributed by atoms with Gasteiger partial charge in [-0.25, -0.2) is 8.42 Å². The van der Waals surface area contributed by atoms with Crippen molar-refractivity contribution in [3.05, 3.63) is 58.1 Å². The maximum absolute atomic E-state index is 13.6. The lowest BCUT2D eigenvalue weighted by molar-refractivity contribution is -0.140. The number of sulfonamides is 1. The normalized spacial score (nSPS) is 12.6. The zero-order chi connectivity index (χ0) is 26.6. The van der Waals surface area contributed by atoms with Crippen LogP contribution in [0.2, 0.25) is 10.0 Å². The van der Waals surface area contributed by atoms with Crippen molar-refractivity contribution in [1.29, 1.82) is 0 Å². The Morgan fingerprint density at radius 2 is 1.77 bits per heavy atom. The van der Waals surface area contributed by atoms with Crippen molar-refractivity contribution < 1.29 is 22.7 Å². The van der Waals surface area contributed by atoms with Crippen LogP contribution in [-0.2, 0) is 26.2 Å². The molecule has 11 heteroatoms. The summed E-state index contributed by atoms with van der Waals surface area (Å²) >= 11 is 12.2. The standard InChI is InChI=1S/C24H31Cl2N3O5S/c1-16(23(31)27-24(2,3)4)28(14-17-8-7-9-19(12-17)34-5)22(30)15-29(35(6,32)33)21-11-10-18(25)13-20(21)26/h7-13,16H,14-15H2,1-6H3,(H,27,31). The molecule has 1 N–H and O–H groups in total. The Hall–Kier alpha value is -2.49. The molecule has 2 aromatic carbocycles. The number of hydrogen-bond acceptors (Lipinski definition) is 5. The van der Waals surface area contributed by atoms with Gasteiger partial charge in [-0.05, 0) is 63.6 Å². The Labute approximate surface area is 217 Å². The van der Waals surface area contributed by atoms with Gasteiger partial charge in [-0.2, -0.15) is 0 Å². The van der Waals surface area contributed by atoms with E-state index < -0.39 is 34.1 Å². The van der Waals surface area contributed by atoms with Crippen LogP contribution in [0.25, 0.3) is 0 Å². The van der Waals surface area contributed by atoms with Crippen molar-refractivity contribution in [3.8, 4) is 5.75 Å². The lowest BCUT2D eigenvalue weighted by Gasteiger charge is -2.33. The van der Waals surface area contributed by atoms with Crippen LogP contribution in [0, 0.1) is 0 Å². The second-order valence-corrected chi connectivity index (χ2v) is 11.9. The van der Waals surface area contributed by atoms with E-state index in [2.05, 4.69) is 5.32 Å². The zero-order valence-corrected chi connectivity index (χ0v) is 23.0. The number of halogens is 2. The van der Waals surface area contributed by atoms with Gasteiger partial charge in [0.2, 0.25) is 21.8 Å². The van der Waals surface area contributed by atoms with Gasteiger partial charge in [0.25, 0.3) is 0 Å². The van der Waals surface area contributed by atoms with Crippen molar-refractivity contribution in [1.82, 2.24) is 10.2 Å². The Bertz CT molecular complexity index is 1180. The van der Waals surface area contributed by atoms with Gasteiger partial charge in [0.1, 0.15) is 18.3 Å². The van der Waals surface area contributed by atoms with Crippen molar-refractivity contribution in [2.75, 3.05) is 24.2 Å². The highest BCUT2D eigenvalue weighted by atomic mass is 35.5. The number of benzene rings is 2. The minimum absolute atomic E-state index is 0.0563. The molecule has 0 aliphatic rings. The molecule has 0 fully saturated rings. The zero-order valence-electron chi connectivity index (χ0n) is 20.6. The van der Waals surface area contributed by atoms with Gasteiger partial charge in [-0.15, -0.1) is 0 Å². The van der Waals surface area contributed by atoms with Crippen molar-refractivity contribution >= 4 is 50.7 Å². The predicted octanol–water partition coefficient (Wildman–Crippen LogP) is 4.10. The molecule has 1 atom stereocenters. The molecule has 0 aliphatic carbocycles. The second kappa shape index (κ2) is 11.5. The summed E-state index contributed by atoms with van der Waals surface area (Å²) in [4.78, 5) is 27.9. The molecule has 0 aromatic heterocycles. The number of rotatable bonds is 9. The summed E-state index contributed by atoms with van der Waals surface area (Å²) in [7, 11) is -2.37. The number of carbonyl (C=O) groups excluding carboxylic acids is 2. The SMILES string of the molecule is COc1cccc(CN(C(=O)CN(c2ccc(Cl)cc2Cl)S(C)(=O)=O)C(C)C(=O)NC(C)(C)C)c1. The number of ether oxygens (including phenoxy) is 1. The van der Waals surface area contributed by atoms with Crippen LogP contribution in [0.15, 0.2) is 42.5 Å². The van der Waals surface area contributed by atoms with Crippen molar-refractivity contribution in [2.24, 2.45) is 0 Å². The van der Waals surface area contributed by atoms with E-state index in [0.29, 0.717) is 16.3 Å². The molecule has 2 aromatic rings. The largest absolute Gasteiger partial charge is 0.497 e. The van der Waals surface area contributed by atoms with Crippen LogP contribution < -0.4 is 14.4 Å². The van der Waals surface area contributed by atoms with Crippen LogP contribution >= 0.6 is 23.2 Å². The molecule has 0 radical (unpaired) electrons. The summed E-state index contributed by atoms with van der Waals surface area (Å²) in [5, 5.41) is 3.27. The Morgan fingerprint density at radius 3 is 2.31 bits per heavy atom. The maximum Gasteiger partial charge on any atom is 0.244 e. The van der Waals surface area contributed by atoms with E-state index in [-0.39, 0.29) is 23.2 Å². The molecule has 2 rings (SSSR count). The minimum atomic E-state index is -3.90. The summed E-state index contributed by atoms with van der Waals surface area (Å²) in [5.41, 5.74) is 0.301. The van der Waals surface area contributed by atoms with Crippen LogP contribution in [-0.4, -0.2) is 56.6 Å². The van der Waals surface area contributed by atoms with Crippen LogP contribution in [0.3, 0.4) is 0 Å². The maximum atomic E-state index is 13.6. The molecule has 0 saturated heterocycles. The lowest BCUT2D eigenvalue weighted by Crippen LogP contribution is -2.54. The Kier molecular flexibility index (Phi) is 9.44. The molecule has 0 bridgehead atoms. The summed E-state index contributed by atoms with van der Waals surface area (Å²) < 4.78 is 31.4. The number of nitrogens with one attached hydrogen (secondary N) is 1. The Morgan fingerprint density at radius 1 is 1.11 bits per heavy atom. The molecule has 1 unspecified atom stereocenters. The lowest BCUT2D eigenvalue weighted by atomic mass is 10.1. The molecule has 35 heavy (non-hydrogen) atoms. The molecule has 0 aliphatic heterocycles. The van der Waals surface area contributed by atoms with Gasteiger partial charge in [-0.1, -0.05) is 35.3 Å². The van der Waals surface area contributed by atoms with Gasteiger partial charge < -0.3 is 15.0 Å². The molecule has 8 nitrogen and oxygen atoms in total. The van der Waals surface area contributed by atoms with E-state index in [0.717, 1.165) is 10.6 Å². The molecular formula is C24H31Cl2N3O5S. The highest BCUT2D eigenvalue weighted by Gasteiger charge is 2.32. The monoisotopic (exact) mass is 543 g/mol. The Balaban J connectivity index is 2.45. The summed E-state index contributed by atoms with van der Waals surface area (Å²) in [6.45, 7) is 6.59. The summed E-state index contributed by atoms with van der Waals surface area (Å²) in [5.74, 6) is -0.364. The van der Waals surface area contributed by atoms with Crippen molar-refractivity contribution in [2.45, 2.75) is 45.8 Å². The van der Waals surface area contributed by atoms with Gasteiger partial charge in [0.05, 0.1) is 24.1 Å². The smallest absolute Gasteiger partial charge is 0.244 e. The van der Waals surface area contributed by atoms with E-state index >= 15 is 0 Å². The van der Waals surface area contributed by atoms with E-state index in [1.807, 2.05) is 20.8 Å². The third kappa shape index (κ3) is 8.30. The van der Waals surface area contributed by atoms with E-state index in [4.69, 9.17) is 27.9 Å². The fourth-order valence-corrected chi connectivity index (χ4v) is 4.72. The van der Waals surface area contributed by atoms with E-state index in [1.165, 1.54) is 30.2 Å². The number of anilines is 1. The third-order valence-electron chi connectivity index (χ3n) is 5.01.